The van der Waals surface area contributed by atoms with Crippen molar-refractivity contribution in [3.63, 3.8) is 0 Å². The zero-order valence-corrected chi connectivity index (χ0v) is 18.0. The monoisotopic (exact) mass is 443 g/mol. The molecule has 1 spiro atoms. The third-order valence-corrected chi connectivity index (χ3v) is 6.70. The van der Waals surface area contributed by atoms with Crippen LogP contribution in [0, 0.1) is 12.7 Å². The van der Waals surface area contributed by atoms with Gasteiger partial charge >= 0.3 is 0 Å². The number of aromatic nitrogens is 4. The predicted octanol–water partition coefficient (Wildman–Crippen LogP) is 3.43. The van der Waals surface area contributed by atoms with Gasteiger partial charge < -0.3 is 16.4 Å². The number of amides is 1. The van der Waals surface area contributed by atoms with E-state index in [9.17, 15) is 9.18 Å². The maximum atomic E-state index is 14.9. The molecule has 0 saturated heterocycles. The maximum Gasteiger partial charge on any atom is 0.241 e. The van der Waals surface area contributed by atoms with Crippen molar-refractivity contribution in [1.29, 1.82) is 0 Å². The van der Waals surface area contributed by atoms with Crippen LogP contribution in [0.25, 0.3) is 21.9 Å². The number of nitrogen functional groups attached to an aromatic ring is 1. The van der Waals surface area contributed by atoms with E-state index in [1.165, 1.54) is 6.07 Å². The number of hydrogen-bond acceptors (Lipinski definition) is 6. The van der Waals surface area contributed by atoms with Crippen LogP contribution in [0.4, 0.5) is 21.7 Å². The Kier molecular flexibility index (Phi) is 4.17. The number of nitrogens with one attached hydrogen (secondary N) is 2. The second kappa shape index (κ2) is 6.99. The van der Waals surface area contributed by atoms with Crippen molar-refractivity contribution < 1.29 is 9.18 Å². The van der Waals surface area contributed by atoms with Gasteiger partial charge in [0.1, 0.15) is 18.2 Å². The first-order valence-electron chi connectivity index (χ1n) is 10.8. The normalized spacial score (nSPS) is 16.4. The van der Waals surface area contributed by atoms with E-state index in [0.717, 1.165) is 29.5 Å². The van der Waals surface area contributed by atoms with E-state index in [2.05, 4.69) is 25.7 Å². The van der Waals surface area contributed by atoms with E-state index in [4.69, 9.17) is 5.73 Å². The number of anilines is 3. The highest BCUT2D eigenvalue weighted by Crippen LogP contribution is 2.49. The number of benzene rings is 1. The minimum absolute atomic E-state index is 0.00818. The van der Waals surface area contributed by atoms with E-state index in [1.807, 2.05) is 19.1 Å². The number of carbonyl (C=O) groups is 1. The van der Waals surface area contributed by atoms with Gasteiger partial charge in [-0.2, -0.15) is 5.10 Å². The van der Waals surface area contributed by atoms with Crippen LogP contribution in [0.5, 0.6) is 0 Å². The summed E-state index contributed by atoms with van der Waals surface area (Å²) >= 11 is 0. The van der Waals surface area contributed by atoms with Crippen molar-refractivity contribution in [3.05, 3.63) is 59.9 Å². The topological polar surface area (TPSA) is 111 Å². The molecular weight excluding hydrogens is 421 g/mol. The summed E-state index contributed by atoms with van der Waals surface area (Å²) in [6.07, 6.45) is 6.90. The maximum absolute atomic E-state index is 14.9. The number of pyridine rings is 2. The molecule has 4 heterocycles. The van der Waals surface area contributed by atoms with Gasteiger partial charge in [-0.1, -0.05) is 0 Å². The summed E-state index contributed by atoms with van der Waals surface area (Å²) in [6.45, 7) is 2.71. The van der Waals surface area contributed by atoms with Crippen LogP contribution < -0.4 is 16.4 Å². The van der Waals surface area contributed by atoms with Crippen molar-refractivity contribution in [1.82, 2.24) is 25.1 Å². The zero-order valence-electron chi connectivity index (χ0n) is 18.0. The van der Waals surface area contributed by atoms with Gasteiger partial charge in [-0.05, 0) is 48.9 Å². The lowest BCUT2D eigenvalue weighted by molar-refractivity contribution is -0.121. The molecule has 166 valence electrons. The Bertz CT molecular complexity index is 1440. The molecule has 4 N–H and O–H groups in total. The fraction of sp³-hybridized carbons (Fsp3) is 0.250. The molecule has 0 atom stereocenters. The van der Waals surface area contributed by atoms with Crippen LogP contribution in [0.2, 0.25) is 0 Å². The summed E-state index contributed by atoms with van der Waals surface area (Å²) < 4.78 is 16.7. The van der Waals surface area contributed by atoms with Crippen molar-refractivity contribution >= 4 is 34.0 Å². The van der Waals surface area contributed by atoms with Crippen LogP contribution in [-0.2, 0) is 16.8 Å². The Morgan fingerprint density at radius 1 is 1.09 bits per heavy atom. The average molecular weight is 443 g/mol. The van der Waals surface area contributed by atoms with Gasteiger partial charge in [-0.3, -0.25) is 14.5 Å². The van der Waals surface area contributed by atoms with Gasteiger partial charge in [0.15, 0.2) is 5.82 Å². The molecule has 1 saturated carbocycles. The molecule has 6 rings (SSSR count). The van der Waals surface area contributed by atoms with Gasteiger partial charge in [0.05, 0.1) is 11.9 Å². The van der Waals surface area contributed by atoms with Crippen LogP contribution in [0.1, 0.15) is 24.1 Å². The van der Waals surface area contributed by atoms with E-state index in [0.29, 0.717) is 40.4 Å². The van der Waals surface area contributed by atoms with Gasteiger partial charge in [-0.15, -0.1) is 0 Å². The van der Waals surface area contributed by atoms with Crippen molar-refractivity contribution in [2.24, 2.45) is 0 Å². The number of nitrogens with zero attached hydrogens (tertiary/aromatic N) is 4. The predicted molar refractivity (Wildman–Crippen MR) is 124 cm³/mol. The fourth-order valence-corrected chi connectivity index (χ4v) is 4.54. The summed E-state index contributed by atoms with van der Waals surface area (Å²) in [5.41, 5.74) is 9.44. The first-order chi connectivity index (χ1) is 15.9. The third-order valence-electron chi connectivity index (χ3n) is 6.70. The molecule has 2 aliphatic rings. The van der Waals surface area contributed by atoms with Gasteiger partial charge in [-0.25, -0.2) is 9.37 Å². The first kappa shape index (κ1) is 19.7. The molecule has 1 amide bonds. The van der Waals surface area contributed by atoms with Crippen LogP contribution in [-0.4, -0.2) is 32.2 Å². The van der Waals surface area contributed by atoms with Gasteiger partial charge in [0.2, 0.25) is 5.91 Å². The molecule has 1 aliphatic heterocycles. The summed E-state index contributed by atoms with van der Waals surface area (Å²) in [5, 5.41) is 12.3. The Morgan fingerprint density at radius 2 is 1.94 bits per heavy atom. The molecule has 0 unspecified atom stereocenters. The second-order valence-electron chi connectivity index (χ2n) is 8.90. The Labute approximate surface area is 189 Å². The highest BCUT2D eigenvalue weighted by molar-refractivity contribution is 5.90. The van der Waals surface area contributed by atoms with Crippen molar-refractivity contribution in [2.45, 2.75) is 31.7 Å². The van der Waals surface area contributed by atoms with E-state index >= 15 is 0 Å². The lowest BCUT2D eigenvalue weighted by Crippen LogP contribution is -2.29. The van der Waals surface area contributed by atoms with Gasteiger partial charge in [0, 0.05) is 52.6 Å². The first-order valence-corrected chi connectivity index (χ1v) is 10.8. The fourth-order valence-electron chi connectivity index (χ4n) is 4.54. The number of fused-ring (bicyclic) bond motifs is 3. The second-order valence-corrected chi connectivity index (χ2v) is 8.90. The molecule has 1 fully saturated rings. The Balaban J connectivity index is 1.36. The summed E-state index contributed by atoms with van der Waals surface area (Å²) in [4.78, 5) is 20.6. The zero-order chi connectivity index (χ0) is 22.7. The number of carbonyl (C=O) groups excluding carboxylic acids is 1. The summed E-state index contributed by atoms with van der Waals surface area (Å²) in [7, 11) is 0. The van der Waals surface area contributed by atoms with Crippen molar-refractivity contribution in [2.75, 3.05) is 17.6 Å². The Hall–Kier alpha value is -4.01. The molecule has 33 heavy (non-hydrogen) atoms. The van der Waals surface area contributed by atoms with Crippen molar-refractivity contribution in [3.8, 4) is 11.1 Å². The number of rotatable bonds is 3. The van der Waals surface area contributed by atoms with Crippen LogP contribution >= 0.6 is 0 Å². The SMILES string of the molecule is Cc1c(N)cncc1-c1cc2cc(Nc3cc4n(n3)CC(=O)NCC43CC3)ncc2cc1F. The summed E-state index contributed by atoms with van der Waals surface area (Å²) in [6, 6.07) is 7.11. The highest BCUT2D eigenvalue weighted by Gasteiger charge is 2.48. The van der Waals surface area contributed by atoms with Crippen LogP contribution in [0.3, 0.4) is 0 Å². The molecule has 3 aromatic heterocycles. The minimum Gasteiger partial charge on any atom is -0.397 e. The largest absolute Gasteiger partial charge is 0.397 e. The molecule has 9 heteroatoms. The molecule has 8 nitrogen and oxygen atoms in total. The summed E-state index contributed by atoms with van der Waals surface area (Å²) in [5.74, 6) is 0.840. The number of hydrogen-bond donors (Lipinski definition) is 3. The van der Waals surface area contributed by atoms with Gasteiger partial charge in [0.25, 0.3) is 0 Å². The molecular formula is C24H22FN7O. The van der Waals surface area contributed by atoms with E-state index < -0.39 is 0 Å². The highest BCUT2D eigenvalue weighted by atomic mass is 19.1. The third kappa shape index (κ3) is 3.27. The molecule has 0 radical (unpaired) electrons. The standard InChI is InChI=1S/C24H22FN7O/c1-13-17(9-27-10-19(13)26)16-4-14-6-21(28-8-15(14)5-18(16)25)30-22-7-20-24(2-3-24)12-29-23(33)11-32(20)31-22/h4-10H,2-3,11-12,26H2,1H3,(H,29,33)(H,28,30,31). The smallest absolute Gasteiger partial charge is 0.241 e. The minimum atomic E-state index is -0.355. The number of halogens is 1. The lowest BCUT2D eigenvalue weighted by atomic mass is 9.99. The molecule has 1 aromatic carbocycles. The van der Waals surface area contributed by atoms with E-state index in [1.54, 1.807) is 29.3 Å². The molecule has 4 aromatic rings. The number of nitrogens with two attached hydrogens (primary N) is 1. The molecule has 1 aliphatic carbocycles. The van der Waals surface area contributed by atoms with Crippen LogP contribution in [0.15, 0.2) is 42.9 Å². The Morgan fingerprint density at radius 3 is 2.76 bits per heavy atom. The lowest BCUT2D eigenvalue weighted by Gasteiger charge is -2.11. The average Bonchev–Trinajstić information content (AvgIpc) is 3.50. The quantitative estimate of drug-likeness (QED) is 0.447. The molecule has 0 bridgehead atoms. The van der Waals surface area contributed by atoms with E-state index in [-0.39, 0.29) is 23.7 Å².